The van der Waals surface area contributed by atoms with Gasteiger partial charge in [-0.05, 0) is 138 Å². The zero-order valence-corrected chi connectivity index (χ0v) is 26.9. The minimum atomic E-state index is -0.426. The number of fused-ring (bicyclic) bond motifs is 5. The number of carbonyl (C=O) groups is 3. The van der Waals surface area contributed by atoms with Gasteiger partial charge in [0, 0.05) is 19.3 Å². The first kappa shape index (κ1) is 32.3. The van der Waals surface area contributed by atoms with Gasteiger partial charge in [-0.15, -0.1) is 0 Å². The van der Waals surface area contributed by atoms with Crippen molar-refractivity contribution < 1.29 is 19.1 Å². The van der Waals surface area contributed by atoms with Crippen LogP contribution < -0.4 is 0 Å². The molecule has 0 radical (unpaired) electrons. The lowest BCUT2D eigenvalue weighted by Crippen LogP contribution is -2.54. The minimum Gasteiger partial charge on any atom is -0.462 e. The lowest BCUT2D eigenvalue weighted by Gasteiger charge is -2.61. The molecule has 4 aliphatic carbocycles. The van der Waals surface area contributed by atoms with Crippen molar-refractivity contribution in [3.63, 3.8) is 0 Å². The molecular formula is C35H60O4. The number of hydrogen-bond donors (Lipinski definition) is 0. The Morgan fingerprint density at radius 2 is 1.49 bits per heavy atom. The fourth-order valence-electron chi connectivity index (χ4n) is 9.66. The molecule has 4 aliphatic rings. The Hall–Kier alpha value is -1.19. The third kappa shape index (κ3) is 6.83. The number of esters is 1. The Morgan fingerprint density at radius 3 is 2.13 bits per heavy atom. The summed E-state index contributed by atoms with van der Waals surface area (Å²) in [5, 5.41) is 0. The number of carbonyl (C=O) groups excluding carboxylic acids is 3. The molecule has 4 fully saturated rings. The summed E-state index contributed by atoms with van der Waals surface area (Å²) in [6.07, 6.45) is 13.8. The number of rotatable bonds is 8. The first-order chi connectivity index (χ1) is 18.3. The van der Waals surface area contributed by atoms with Crippen LogP contribution in [0.5, 0.6) is 0 Å². The van der Waals surface area contributed by atoms with Crippen LogP contribution in [0.2, 0.25) is 0 Å². The molecule has 0 amide bonds. The largest absolute Gasteiger partial charge is 0.462 e. The van der Waals surface area contributed by atoms with Crippen molar-refractivity contribution in [2.24, 2.45) is 51.8 Å². The molecule has 4 heteroatoms. The highest BCUT2D eigenvalue weighted by Crippen LogP contribution is 2.68. The van der Waals surface area contributed by atoms with E-state index >= 15 is 0 Å². The van der Waals surface area contributed by atoms with Crippen LogP contribution in [0.3, 0.4) is 0 Å². The SMILES string of the molecule is CC.CC(=O)CCC(=O)CC[C@@H](C)[C@H]1CCC2C3CCC4C[C@H](OC(=O)C(C)(C)C)CC[C@]4(C)C3CC[C@@]21C. The quantitative estimate of drug-likeness (QED) is 0.286. The van der Waals surface area contributed by atoms with E-state index in [0.717, 1.165) is 42.9 Å². The summed E-state index contributed by atoms with van der Waals surface area (Å²) < 4.78 is 6.00. The van der Waals surface area contributed by atoms with Crippen molar-refractivity contribution in [1.82, 2.24) is 0 Å². The maximum Gasteiger partial charge on any atom is 0.311 e. The monoisotopic (exact) mass is 544 g/mol. The van der Waals surface area contributed by atoms with Gasteiger partial charge < -0.3 is 9.53 Å². The van der Waals surface area contributed by atoms with Crippen LogP contribution in [0.15, 0.2) is 0 Å². The standard InChI is InChI=1S/C33H54O4.C2H6/c1-21(8-11-24(35)12-9-22(2)34)27-14-15-28-26-13-10-23-20-25(37-30(36)31(3,4)5)16-18-32(23,6)29(26)17-19-33(27,28)7;1-2/h21,23,25-29H,8-20H2,1-7H3;1-2H3/t21-,23?,25-,26?,27-,28?,29?,32+,33-;/m1./s1. The van der Waals surface area contributed by atoms with Crippen molar-refractivity contribution in [1.29, 1.82) is 0 Å². The summed E-state index contributed by atoms with van der Waals surface area (Å²) in [5.41, 5.74) is 0.373. The van der Waals surface area contributed by atoms with E-state index in [1.165, 1.54) is 44.9 Å². The second kappa shape index (κ2) is 12.8. The molecule has 0 aliphatic heterocycles. The fourth-order valence-corrected chi connectivity index (χ4v) is 9.66. The van der Waals surface area contributed by atoms with Gasteiger partial charge in [-0.25, -0.2) is 0 Å². The zero-order chi connectivity index (χ0) is 29.2. The summed E-state index contributed by atoms with van der Waals surface area (Å²) in [4.78, 5) is 36.1. The molecule has 224 valence electrons. The molecule has 0 heterocycles. The van der Waals surface area contributed by atoms with Crippen LogP contribution in [-0.2, 0) is 19.1 Å². The highest BCUT2D eigenvalue weighted by atomic mass is 16.5. The van der Waals surface area contributed by atoms with Crippen molar-refractivity contribution in [3.8, 4) is 0 Å². The molecule has 0 bridgehead atoms. The Kier molecular flexibility index (Phi) is 10.6. The molecule has 4 unspecified atom stereocenters. The van der Waals surface area contributed by atoms with Gasteiger partial charge in [-0.2, -0.15) is 0 Å². The molecule has 9 atom stereocenters. The second-order valence-electron chi connectivity index (χ2n) is 15.2. The lowest BCUT2D eigenvalue weighted by molar-refractivity contribution is -0.170. The Bertz CT molecular complexity index is 870. The van der Waals surface area contributed by atoms with Crippen LogP contribution in [0.25, 0.3) is 0 Å². The maximum atomic E-state index is 12.5. The average molecular weight is 545 g/mol. The van der Waals surface area contributed by atoms with Crippen LogP contribution in [0, 0.1) is 51.8 Å². The van der Waals surface area contributed by atoms with Gasteiger partial charge in [0.1, 0.15) is 17.7 Å². The van der Waals surface area contributed by atoms with Crippen molar-refractivity contribution in [2.45, 2.75) is 152 Å². The van der Waals surface area contributed by atoms with E-state index in [0.29, 0.717) is 41.9 Å². The third-order valence-electron chi connectivity index (χ3n) is 11.9. The number of Topliss-reactive ketones (excluding diaryl/α,β-unsaturated/α-hetero) is 2. The normalized spacial score (nSPS) is 38.3. The summed E-state index contributed by atoms with van der Waals surface area (Å²) >= 11 is 0. The molecule has 39 heavy (non-hydrogen) atoms. The summed E-state index contributed by atoms with van der Waals surface area (Å²) in [6, 6.07) is 0. The van der Waals surface area contributed by atoms with E-state index in [-0.39, 0.29) is 23.6 Å². The Labute approximate surface area is 240 Å². The molecule has 0 aromatic heterocycles. The summed E-state index contributed by atoms with van der Waals surface area (Å²) in [5.74, 6) is 4.78. The van der Waals surface area contributed by atoms with E-state index in [2.05, 4.69) is 20.8 Å². The predicted molar refractivity (Wildman–Crippen MR) is 159 cm³/mol. The van der Waals surface area contributed by atoms with Crippen LogP contribution in [0.4, 0.5) is 0 Å². The molecule has 0 saturated heterocycles. The lowest BCUT2D eigenvalue weighted by atomic mass is 9.44. The summed E-state index contributed by atoms with van der Waals surface area (Å²) in [6.45, 7) is 19.0. The molecule has 0 N–H and O–H groups in total. The topological polar surface area (TPSA) is 60.4 Å². The highest BCUT2D eigenvalue weighted by Gasteiger charge is 2.60. The molecule has 0 aromatic rings. The van der Waals surface area contributed by atoms with Gasteiger partial charge >= 0.3 is 5.97 Å². The van der Waals surface area contributed by atoms with E-state index in [9.17, 15) is 14.4 Å². The Balaban J connectivity index is 0.00000205. The minimum absolute atomic E-state index is 0.0464. The van der Waals surface area contributed by atoms with Gasteiger partial charge in [0.05, 0.1) is 5.41 Å². The first-order valence-corrected chi connectivity index (χ1v) is 16.5. The number of ketones is 2. The third-order valence-corrected chi connectivity index (χ3v) is 11.9. The van der Waals surface area contributed by atoms with Gasteiger partial charge in [0.25, 0.3) is 0 Å². The van der Waals surface area contributed by atoms with E-state index in [4.69, 9.17) is 4.74 Å². The number of ether oxygens (including phenoxy) is 1. The van der Waals surface area contributed by atoms with Crippen molar-refractivity contribution in [2.75, 3.05) is 0 Å². The molecule has 0 spiro atoms. The van der Waals surface area contributed by atoms with Crippen molar-refractivity contribution >= 4 is 17.5 Å². The molecule has 4 rings (SSSR count). The van der Waals surface area contributed by atoms with Crippen molar-refractivity contribution in [3.05, 3.63) is 0 Å². The van der Waals surface area contributed by atoms with Crippen LogP contribution in [0.1, 0.15) is 146 Å². The second-order valence-corrected chi connectivity index (χ2v) is 15.2. The van der Waals surface area contributed by atoms with Gasteiger partial charge in [-0.3, -0.25) is 9.59 Å². The zero-order valence-electron chi connectivity index (χ0n) is 26.9. The smallest absolute Gasteiger partial charge is 0.311 e. The van der Waals surface area contributed by atoms with Crippen LogP contribution in [-0.4, -0.2) is 23.6 Å². The Morgan fingerprint density at radius 1 is 0.846 bits per heavy atom. The van der Waals surface area contributed by atoms with Gasteiger partial charge in [0.15, 0.2) is 0 Å². The fraction of sp³-hybridized carbons (Fsp3) is 0.914. The van der Waals surface area contributed by atoms with Gasteiger partial charge in [0.2, 0.25) is 0 Å². The average Bonchev–Trinajstić information content (AvgIpc) is 3.24. The summed E-state index contributed by atoms with van der Waals surface area (Å²) in [7, 11) is 0. The maximum absolute atomic E-state index is 12.5. The van der Waals surface area contributed by atoms with E-state index in [1.54, 1.807) is 6.92 Å². The molecular weight excluding hydrogens is 484 g/mol. The molecule has 0 aromatic carbocycles. The van der Waals surface area contributed by atoms with Crippen LogP contribution >= 0.6 is 0 Å². The predicted octanol–water partition coefficient (Wildman–Crippen LogP) is 8.98. The first-order valence-electron chi connectivity index (χ1n) is 16.5. The molecule has 4 nitrogen and oxygen atoms in total. The van der Waals surface area contributed by atoms with E-state index < -0.39 is 5.41 Å². The highest BCUT2D eigenvalue weighted by molar-refractivity contribution is 5.84. The number of hydrogen-bond acceptors (Lipinski definition) is 4. The molecule has 4 saturated carbocycles. The van der Waals surface area contributed by atoms with E-state index in [1.807, 2.05) is 34.6 Å². The van der Waals surface area contributed by atoms with Gasteiger partial charge in [-0.1, -0.05) is 34.6 Å².